The molecule has 0 aliphatic carbocycles. The van der Waals surface area contributed by atoms with E-state index in [9.17, 15) is 9.59 Å². The Morgan fingerprint density at radius 3 is 2.88 bits per heavy atom. The van der Waals surface area contributed by atoms with E-state index in [1.807, 2.05) is 42.8 Å². The van der Waals surface area contributed by atoms with E-state index in [1.54, 1.807) is 19.2 Å². The zero-order valence-corrected chi connectivity index (χ0v) is 15.1. The predicted octanol–water partition coefficient (Wildman–Crippen LogP) is 3.55. The molecular weight excluding hydrogens is 348 g/mol. The van der Waals surface area contributed by atoms with Gasteiger partial charge >= 0.3 is 0 Å². The van der Waals surface area contributed by atoms with E-state index >= 15 is 0 Å². The number of carbonyl (C=O) groups is 1. The van der Waals surface area contributed by atoms with Crippen molar-refractivity contribution in [1.82, 2.24) is 14.5 Å². The molecule has 0 spiro atoms. The second-order valence-electron chi connectivity index (χ2n) is 5.99. The van der Waals surface area contributed by atoms with Gasteiger partial charge in [-0.05, 0) is 25.1 Å². The van der Waals surface area contributed by atoms with E-state index in [0.29, 0.717) is 5.13 Å². The summed E-state index contributed by atoms with van der Waals surface area (Å²) in [5, 5.41) is 6.14. The Hall–Kier alpha value is -3.19. The molecule has 0 unspecified atom stereocenters. The molecule has 0 radical (unpaired) electrons. The van der Waals surface area contributed by atoms with Gasteiger partial charge in [0.15, 0.2) is 5.13 Å². The Balaban J connectivity index is 1.62. The number of aromatic amines is 1. The third-order valence-corrected chi connectivity index (χ3v) is 5.15. The second kappa shape index (κ2) is 6.27. The molecule has 6 nitrogen and oxygen atoms in total. The summed E-state index contributed by atoms with van der Waals surface area (Å²) in [5.41, 5.74) is 3.35. The highest BCUT2D eigenvalue weighted by Crippen LogP contribution is 2.30. The van der Waals surface area contributed by atoms with Gasteiger partial charge in [0.25, 0.3) is 11.5 Å². The van der Waals surface area contributed by atoms with Crippen molar-refractivity contribution in [3.63, 3.8) is 0 Å². The van der Waals surface area contributed by atoms with Crippen LogP contribution in [0.15, 0.2) is 52.8 Å². The number of benzene rings is 1. The van der Waals surface area contributed by atoms with Crippen LogP contribution in [0.3, 0.4) is 0 Å². The molecule has 7 heteroatoms. The van der Waals surface area contributed by atoms with Crippen LogP contribution in [0.2, 0.25) is 0 Å². The van der Waals surface area contributed by atoms with Crippen LogP contribution in [0.25, 0.3) is 22.2 Å². The number of H-pyrrole nitrogens is 1. The largest absolute Gasteiger partial charge is 0.360 e. The van der Waals surface area contributed by atoms with Crippen molar-refractivity contribution in [2.45, 2.75) is 6.92 Å². The van der Waals surface area contributed by atoms with E-state index in [4.69, 9.17) is 0 Å². The van der Waals surface area contributed by atoms with Crippen molar-refractivity contribution in [3.8, 4) is 11.3 Å². The molecule has 0 fully saturated rings. The lowest BCUT2D eigenvalue weighted by Gasteiger charge is -2.06. The van der Waals surface area contributed by atoms with E-state index in [0.717, 1.165) is 27.9 Å². The summed E-state index contributed by atoms with van der Waals surface area (Å²) in [4.78, 5) is 32.4. The van der Waals surface area contributed by atoms with Crippen LogP contribution in [0, 0.1) is 6.92 Å². The minimum atomic E-state index is -0.453. The average Bonchev–Trinajstić information content (AvgIpc) is 3.26. The van der Waals surface area contributed by atoms with Gasteiger partial charge in [0.2, 0.25) is 0 Å². The fraction of sp³-hybridized carbons (Fsp3) is 0.105. The van der Waals surface area contributed by atoms with Crippen LogP contribution in [-0.2, 0) is 7.05 Å². The van der Waals surface area contributed by atoms with Gasteiger partial charge < -0.3 is 9.55 Å². The number of fused-ring (bicyclic) bond motifs is 1. The maximum atomic E-state index is 12.4. The summed E-state index contributed by atoms with van der Waals surface area (Å²) in [7, 11) is 1.65. The molecule has 0 aliphatic heterocycles. The van der Waals surface area contributed by atoms with Crippen LogP contribution >= 0.6 is 11.3 Å². The Morgan fingerprint density at radius 2 is 2.04 bits per heavy atom. The summed E-state index contributed by atoms with van der Waals surface area (Å²) in [6.07, 6.45) is 1.90. The minimum Gasteiger partial charge on any atom is -0.360 e. The maximum Gasteiger partial charge on any atom is 0.263 e. The average molecular weight is 364 g/mol. The fourth-order valence-corrected chi connectivity index (χ4v) is 3.51. The molecule has 4 aromatic rings. The first-order valence-corrected chi connectivity index (χ1v) is 8.92. The number of para-hydroxylation sites is 1. The summed E-state index contributed by atoms with van der Waals surface area (Å²) >= 11 is 1.33. The van der Waals surface area contributed by atoms with Gasteiger partial charge in [-0.3, -0.25) is 14.9 Å². The molecule has 0 saturated carbocycles. The molecule has 0 saturated heterocycles. The Labute approximate surface area is 153 Å². The lowest BCUT2D eigenvalue weighted by Crippen LogP contribution is -2.28. The maximum absolute atomic E-state index is 12.4. The number of aromatic nitrogens is 3. The van der Waals surface area contributed by atoms with Crippen molar-refractivity contribution in [1.29, 1.82) is 0 Å². The first-order valence-electron chi connectivity index (χ1n) is 8.04. The third-order valence-electron chi connectivity index (χ3n) is 4.39. The smallest absolute Gasteiger partial charge is 0.263 e. The molecule has 26 heavy (non-hydrogen) atoms. The van der Waals surface area contributed by atoms with Gasteiger partial charge in [0, 0.05) is 40.8 Å². The summed E-state index contributed by atoms with van der Waals surface area (Å²) in [6, 6.07) is 11.3. The van der Waals surface area contributed by atoms with E-state index in [-0.39, 0.29) is 11.1 Å². The van der Waals surface area contributed by atoms with Gasteiger partial charge in [0.1, 0.15) is 5.56 Å². The number of thiazole rings is 1. The van der Waals surface area contributed by atoms with Crippen LogP contribution in [0.4, 0.5) is 5.13 Å². The Kier molecular flexibility index (Phi) is 3.93. The van der Waals surface area contributed by atoms with Gasteiger partial charge in [-0.15, -0.1) is 11.3 Å². The van der Waals surface area contributed by atoms with Gasteiger partial charge in [0.05, 0.1) is 5.69 Å². The number of carbonyl (C=O) groups excluding carboxylic acids is 1. The van der Waals surface area contributed by atoms with E-state index in [1.165, 1.54) is 15.9 Å². The number of rotatable bonds is 3. The number of pyridine rings is 1. The first-order chi connectivity index (χ1) is 12.5. The van der Waals surface area contributed by atoms with Crippen LogP contribution in [0.5, 0.6) is 0 Å². The van der Waals surface area contributed by atoms with E-state index in [2.05, 4.69) is 15.3 Å². The van der Waals surface area contributed by atoms with Gasteiger partial charge in [-0.2, -0.15) is 0 Å². The molecule has 2 N–H and O–H groups in total. The summed E-state index contributed by atoms with van der Waals surface area (Å²) < 4.78 is 1.45. The van der Waals surface area contributed by atoms with Crippen molar-refractivity contribution >= 4 is 33.3 Å². The first kappa shape index (κ1) is 16.3. The molecule has 3 heterocycles. The lowest BCUT2D eigenvalue weighted by molar-refractivity contribution is 0.102. The van der Waals surface area contributed by atoms with E-state index < -0.39 is 5.91 Å². The quantitative estimate of drug-likeness (QED) is 0.583. The second-order valence-corrected chi connectivity index (χ2v) is 6.85. The minimum absolute atomic E-state index is 0.0990. The predicted molar refractivity (Wildman–Crippen MR) is 104 cm³/mol. The highest BCUT2D eigenvalue weighted by Gasteiger charge is 2.15. The molecule has 130 valence electrons. The van der Waals surface area contributed by atoms with Crippen LogP contribution in [0.1, 0.15) is 16.1 Å². The molecule has 4 rings (SSSR count). The molecule has 1 amide bonds. The molecular formula is C19H16N4O2S. The number of anilines is 1. The number of nitrogens with zero attached hydrogens (tertiary/aromatic N) is 2. The van der Waals surface area contributed by atoms with Crippen molar-refractivity contribution < 1.29 is 4.79 Å². The molecule has 1 aromatic carbocycles. The van der Waals surface area contributed by atoms with Crippen LogP contribution < -0.4 is 10.9 Å². The summed E-state index contributed by atoms with van der Waals surface area (Å²) in [6.45, 7) is 1.82. The molecule has 0 aliphatic rings. The number of nitrogens with one attached hydrogen (secondary N) is 2. The monoisotopic (exact) mass is 364 g/mol. The third kappa shape index (κ3) is 2.72. The van der Waals surface area contributed by atoms with Crippen molar-refractivity contribution in [2.75, 3.05) is 5.32 Å². The highest BCUT2D eigenvalue weighted by atomic mass is 32.1. The van der Waals surface area contributed by atoms with Crippen molar-refractivity contribution in [2.24, 2.45) is 7.05 Å². The Morgan fingerprint density at radius 1 is 1.23 bits per heavy atom. The fourth-order valence-electron chi connectivity index (χ4n) is 2.80. The van der Waals surface area contributed by atoms with Crippen LogP contribution in [-0.4, -0.2) is 20.4 Å². The molecule has 0 atom stereocenters. The van der Waals surface area contributed by atoms with Crippen molar-refractivity contribution in [3.05, 3.63) is 69.6 Å². The normalized spacial score (nSPS) is 11.0. The van der Waals surface area contributed by atoms with Gasteiger partial charge in [-0.1, -0.05) is 18.2 Å². The number of hydrogen-bond donors (Lipinski definition) is 2. The number of aryl methyl sites for hydroxylation is 1. The van der Waals surface area contributed by atoms with Gasteiger partial charge in [-0.25, -0.2) is 4.98 Å². The SMILES string of the molecule is Cc1ccc(C(=O)Nc2nc(-c3c[nH]c4ccccc34)cs2)c(=O)n1C. The number of amides is 1. The molecule has 0 bridgehead atoms. The standard InChI is InChI=1S/C19H16N4O2S/c1-11-7-8-13(18(25)23(11)2)17(24)22-19-21-16(10-26-19)14-9-20-15-6-4-3-5-12(14)15/h3-10,20H,1-2H3,(H,21,22,24). The zero-order valence-electron chi connectivity index (χ0n) is 14.2. The molecule has 3 aromatic heterocycles. The number of hydrogen-bond acceptors (Lipinski definition) is 4. The Bertz CT molecular complexity index is 1190. The topological polar surface area (TPSA) is 79.8 Å². The highest BCUT2D eigenvalue weighted by molar-refractivity contribution is 7.14. The lowest BCUT2D eigenvalue weighted by atomic mass is 10.1. The zero-order chi connectivity index (χ0) is 18.3. The summed E-state index contributed by atoms with van der Waals surface area (Å²) in [5.74, 6) is -0.453.